The molecule has 2 aromatic rings. The van der Waals surface area contributed by atoms with Crippen LogP contribution < -0.4 is 15.4 Å². The number of hydrogen-bond donors (Lipinski definition) is 1. The Morgan fingerprint density at radius 3 is 2.74 bits per heavy atom. The van der Waals surface area contributed by atoms with Crippen molar-refractivity contribution in [1.29, 1.82) is 0 Å². The summed E-state index contributed by atoms with van der Waals surface area (Å²) in [7, 11) is 0. The van der Waals surface area contributed by atoms with Gasteiger partial charge in [-0.2, -0.15) is 0 Å². The highest BCUT2D eigenvalue weighted by molar-refractivity contribution is 5.75. The Morgan fingerprint density at radius 1 is 1.26 bits per heavy atom. The summed E-state index contributed by atoms with van der Waals surface area (Å²) in [5, 5.41) is 0. The summed E-state index contributed by atoms with van der Waals surface area (Å²) >= 11 is 0. The fourth-order valence-corrected chi connectivity index (χ4v) is 4.11. The number of rotatable bonds is 6. The molecule has 2 N–H and O–H groups in total. The number of ether oxygens (including phenoxy) is 2. The molecule has 0 bridgehead atoms. The predicted molar refractivity (Wildman–Crippen MR) is 122 cm³/mol. The Hall–Kier alpha value is -2.76. The number of piperidine rings is 1. The molecule has 0 radical (unpaired) electrons. The van der Waals surface area contributed by atoms with Crippen LogP contribution in [0, 0.1) is 18.7 Å². The van der Waals surface area contributed by atoms with Gasteiger partial charge in [0.25, 0.3) is 0 Å². The third-order valence-corrected chi connectivity index (χ3v) is 5.45. The van der Waals surface area contributed by atoms with Crippen LogP contribution in [0.2, 0.25) is 0 Å². The molecule has 2 aromatic carbocycles. The van der Waals surface area contributed by atoms with Crippen molar-refractivity contribution in [1.82, 2.24) is 0 Å². The first-order valence-electron chi connectivity index (χ1n) is 10.9. The van der Waals surface area contributed by atoms with Crippen LogP contribution in [0.5, 0.6) is 11.5 Å². The Labute approximate surface area is 184 Å². The van der Waals surface area contributed by atoms with Crippen LogP contribution >= 0.6 is 0 Å². The number of carbonyl (C=O) groups is 1. The summed E-state index contributed by atoms with van der Waals surface area (Å²) in [5.74, 6) is 1.02. The summed E-state index contributed by atoms with van der Waals surface area (Å²) in [6, 6.07) is 9.76. The van der Waals surface area contributed by atoms with Gasteiger partial charge in [-0.15, -0.1) is 0 Å². The number of anilines is 2. The maximum Gasteiger partial charge on any atom is 0.306 e. The van der Waals surface area contributed by atoms with Gasteiger partial charge in [0.2, 0.25) is 0 Å². The lowest BCUT2D eigenvalue weighted by Gasteiger charge is -2.36. The third kappa shape index (κ3) is 6.36. The molecule has 1 saturated heterocycles. The zero-order valence-corrected chi connectivity index (χ0v) is 18.9. The molecule has 31 heavy (non-hydrogen) atoms. The number of carbonyl (C=O) groups excluding carboxylic acids is 1. The lowest BCUT2D eigenvalue weighted by molar-refractivity contribution is -0.155. The molecular formula is C25H33FN2O3. The van der Waals surface area contributed by atoms with Crippen molar-refractivity contribution in [3.8, 4) is 11.5 Å². The highest BCUT2D eigenvalue weighted by Gasteiger charge is 2.25. The lowest BCUT2D eigenvalue weighted by Crippen LogP contribution is -2.36. The van der Waals surface area contributed by atoms with E-state index in [1.54, 1.807) is 12.1 Å². The van der Waals surface area contributed by atoms with E-state index < -0.39 is 5.60 Å². The average molecular weight is 429 g/mol. The van der Waals surface area contributed by atoms with Crippen LogP contribution in [0.15, 0.2) is 36.4 Å². The molecule has 0 aromatic heterocycles. The second-order valence-corrected chi connectivity index (χ2v) is 9.27. The van der Waals surface area contributed by atoms with Gasteiger partial charge in [-0.05, 0) is 77.1 Å². The molecule has 6 heteroatoms. The van der Waals surface area contributed by atoms with Gasteiger partial charge >= 0.3 is 5.97 Å². The quantitative estimate of drug-likeness (QED) is 0.462. The second-order valence-electron chi connectivity index (χ2n) is 9.27. The van der Waals surface area contributed by atoms with Crippen LogP contribution in [-0.2, 0) is 9.53 Å². The highest BCUT2D eigenvalue weighted by Crippen LogP contribution is 2.38. The van der Waals surface area contributed by atoms with Gasteiger partial charge in [0.15, 0.2) is 0 Å². The van der Waals surface area contributed by atoms with Gasteiger partial charge < -0.3 is 20.1 Å². The number of hydrogen-bond acceptors (Lipinski definition) is 5. The SMILES string of the molecule is Cc1c(Oc2cccc(F)c2)ccc(N)c1N1CCC[C@@H](CCC(=O)OC(C)(C)C)C1. The van der Waals surface area contributed by atoms with Gasteiger partial charge in [0.1, 0.15) is 22.9 Å². The fraction of sp³-hybridized carbons (Fsp3) is 0.480. The standard InChI is InChI=1S/C25H33FN2O3/c1-17-22(30-20-9-5-8-19(26)15-20)12-11-21(27)24(17)28-14-6-7-18(16-28)10-13-23(29)31-25(2,3)4/h5,8-9,11-12,15,18H,6-7,10,13-14,16,27H2,1-4H3/t18-/m0/s1. The Kier molecular flexibility index (Phi) is 7.08. The summed E-state index contributed by atoms with van der Waals surface area (Å²) < 4.78 is 24.9. The number of nitrogens with two attached hydrogens (primary N) is 1. The van der Waals surface area contributed by atoms with E-state index in [9.17, 15) is 9.18 Å². The minimum absolute atomic E-state index is 0.147. The summed E-state index contributed by atoms with van der Waals surface area (Å²) in [4.78, 5) is 14.4. The van der Waals surface area contributed by atoms with Crippen molar-refractivity contribution < 1.29 is 18.7 Å². The molecule has 1 atom stereocenters. The van der Waals surface area contributed by atoms with Crippen LogP contribution in [0.3, 0.4) is 0 Å². The van der Waals surface area contributed by atoms with Crippen molar-refractivity contribution in [2.45, 2.75) is 59.0 Å². The van der Waals surface area contributed by atoms with Gasteiger partial charge in [-0.3, -0.25) is 4.79 Å². The Morgan fingerprint density at radius 2 is 2.03 bits per heavy atom. The van der Waals surface area contributed by atoms with Gasteiger partial charge in [-0.25, -0.2) is 4.39 Å². The topological polar surface area (TPSA) is 64.8 Å². The van der Waals surface area contributed by atoms with E-state index in [1.807, 2.05) is 39.8 Å². The van der Waals surface area contributed by atoms with E-state index in [0.29, 0.717) is 29.5 Å². The number of nitrogen functional groups attached to an aromatic ring is 1. The Bertz CT molecular complexity index is 923. The van der Waals surface area contributed by atoms with Crippen molar-refractivity contribution >= 4 is 17.3 Å². The summed E-state index contributed by atoms with van der Waals surface area (Å²) in [5.41, 5.74) is 8.46. The first-order valence-corrected chi connectivity index (χ1v) is 10.9. The van der Waals surface area contributed by atoms with E-state index >= 15 is 0 Å². The number of benzene rings is 2. The van der Waals surface area contributed by atoms with Crippen LogP contribution in [0.1, 0.15) is 52.0 Å². The van der Waals surface area contributed by atoms with E-state index in [4.69, 9.17) is 15.2 Å². The van der Waals surface area contributed by atoms with Crippen molar-refractivity contribution in [2.75, 3.05) is 23.7 Å². The number of esters is 1. The molecule has 168 valence electrons. The first kappa shape index (κ1) is 22.9. The highest BCUT2D eigenvalue weighted by atomic mass is 19.1. The number of nitrogens with zero attached hydrogens (tertiary/aromatic N) is 1. The largest absolute Gasteiger partial charge is 0.460 e. The maximum absolute atomic E-state index is 13.5. The zero-order chi connectivity index (χ0) is 22.6. The van der Waals surface area contributed by atoms with E-state index in [-0.39, 0.29) is 11.8 Å². The molecule has 0 spiro atoms. The molecule has 1 aliphatic rings. The number of halogens is 1. The van der Waals surface area contributed by atoms with Crippen LogP contribution in [0.25, 0.3) is 0 Å². The maximum atomic E-state index is 13.5. The smallest absolute Gasteiger partial charge is 0.306 e. The normalized spacial score (nSPS) is 16.8. The van der Waals surface area contributed by atoms with Crippen LogP contribution in [-0.4, -0.2) is 24.7 Å². The molecule has 0 saturated carbocycles. The van der Waals surface area contributed by atoms with Gasteiger partial charge in [0.05, 0.1) is 11.4 Å². The molecule has 5 nitrogen and oxygen atoms in total. The van der Waals surface area contributed by atoms with Gasteiger partial charge in [0, 0.05) is 31.1 Å². The molecule has 0 unspecified atom stereocenters. The van der Waals surface area contributed by atoms with Crippen LogP contribution in [0.4, 0.5) is 15.8 Å². The monoisotopic (exact) mass is 428 g/mol. The molecule has 0 aliphatic carbocycles. The predicted octanol–water partition coefficient (Wildman–Crippen LogP) is 5.85. The average Bonchev–Trinajstić information content (AvgIpc) is 2.68. The fourth-order valence-electron chi connectivity index (χ4n) is 4.11. The second kappa shape index (κ2) is 9.58. The van der Waals surface area contributed by atoms with E-state index in [0.717, 1.165) is 43.6 Å². The lowest BCUT2D eigenvalue weighted by atomic mass is 9.92. The molecular weight excluding hydrogens is 395 g/mol. The molecule has 1 heterocycles. The molecule has 1 fully saturated rings. The van der Waals surface area contributed by atoms with E-state index in [2.05, 4.69) is 4.90 Å². The minimum Gasteiger partial charge on any atom is -0.460 e. The molecule has 0 amide bonds. The minimum atomic E-state index is -0.455. The summed E-state index contributed by atoms with van der Waals surface area (Å²) in [6.45, 7) is 9.37. The van der Waals surface area contributed by atoms with Crippen molar-refractivity contribution in [3.05, 3.63) is 47.8 Å². The third-order valence-electron chi connectivity index (χ3n) is 5.45. The van der Waals surface area contributed by atoms with Gasteiger partial charge in [-0.1, -0.05) is 6.07 Å². The molecule has 3 rings (SSSR count). The van der Waals surface area contributed by atoms with Crippen molar-refractivity contribution in [2.24, 2.45) is 5.92 Å². The van der Waals surface area contributed by atoms with Crippen molar-refractivity contribution in [3.63, 3.8) is 0 Å². The van der Waals surface area contributed by atoms with E-state index in [1.165, 1.54) is 12.1 Å². The Balaban J connectivity index is 1.70. The first-order chi connectivity index (χ1) is 14.6. The molecule has 1 aliphatic heterocycles. The summed E-state index contributed by atoms with van der Waals surface area (Å²) in [6.07, 6.45) is 3.33. The zero-order valence-electron chi connectivity index (χ0n) is 18.9.